The topological polar surface area (TPSA) is 141 Å². The number of ether oxygens (including phenoxy) is 2. The van der Waals surface area contributed by atoms with Gasteiger partial charge in [0.2, 0.25) is 0 Å². The number of hydrogen-bond acceptors (Lipinski definition) is 8. The van der Waals surface area contributed by atoms with Crippen LogP contribution in [0.1, 0.15) is 37.5 Å². The minimum Gasteiger partial charge on any atom is -0.496 e. The van der Waals surface area contributed by atoms with Crippen molar-refractivity contribution in [1.29, 1.82) is 5.26 Å². The monoisotopic (exact) mass is 555 g/mol. The van der Waals surface area contributed by atoms with E-state index in [0.29, 0.717) is 20.9 Å². The average molecular weight is 556 g/mol. The summed E-state index contributed by atoms with van der Waals surface area (Å²) in [6.45, 7) is 3.97. The van der Waals surface area contributed by atoms with Crippen molar-refractivity contribution < 1.29 is 23.8 Å². The molecule has 39 heavy (non-hydrogen) atoms. The molecule has 0 spiro atoms. The fourth-order valence-corrected chi connectivity index (χ4v) is 5.55. The Kier molecular flexibility index (Phi) is 7.71. The molecule has 0 amide bonds. The van der Waals surface area contributed by atoms with E-state index in [1.807, 2.05) is 6.07 Å². The molecule has 1 atom stereocenters. The molecule has 3 aromatic heterocycles. The Hall–Kier alpha value is -4.28. The van der Waals surface area contributed by atoms with Crippen molar-refractivity contribution >= 4 is 27.5 Å². The number of carboxylic acid groups (broad SMARTS) is 1. The highest BCUT2D eigenvalue weighted by molar-refractivity contribution is 7.21. The molecule has 4 rings (SSSR count). The van der Waals surface area contributed by atoms with Crippen LogP contribution in [0.2, 0.25) is 0 Å². The number of thiophene rings is 1. The lowest BCUT2D eigenvalue weighted by atomic mass is 10.1. The molecule has 11 nitrogen and oxygen atoms in total. The number of fused-ring (bicyclic) bond motifs is 1. The molecule has 0 aliphatic heterocycles. The van der Waals surface area contributed by atoms with E-state index < -0.39 is 34.7 Å². The number of nitriles is 1. The van der Waals surface area contributed by atoms with E-state index in [2.05, 4.69) is 5.10 Å². The van der Waals surface area contributed by atoms with Crippen LogP contribution >= 0.6 is 11.3 Å². The van der Waals surface area contributed by atoms with Gasteiger partial charge in [0.25, 0.3) is 5.56 Å². The summed E-state index contributed by atoms with van der Waals surface area (Å²) in [4.78, 5) is 40.0. The number of aryl methyl sites for hydroxylation is 1. The standard InChI is InChI=1S/C26H26FN5O6S/c1-15-20-21(33)32(26(2,3)24(34)35)25(36)30(23(20)39-22(15)31-11-6-10-29-31)14-19(38-12-5-9-28)17-13-16(27)7-8-18(17)37-4/h6-8,10-11,13,19H,5,12,14H2,1-4H3,(H,34,35). The van der Waals surface area contributed by atoms with Gasteiger partial charge in [0.1, 0.15) is 33.0 Å². The van der Waals surface area contributed by atoms with Crippen LogP contribution in [-0.2, 0) is 21.6 Å². The van der Waals surface area contributed by atoms with Gasteiger partial charge in [-0.05, 0) is 45.0 Å². The quantitative estimate of drug-likeness (QED) is 0.294. The summed E-state index contributed by atoms with van der Waals surface area (Å²) in [5, 5.41) is 23.9. The van der Waals surface area contributed by atoms with Crippen LogP contribution in [0.25, 0.3) is 15.2 Å². The number of halogens is 1. The fourth-order valence-electron chi connectivity index (χ4n) is 4.30. The molecule has 13 heteroatoms. The third-order valence-corrected chi connectivity index (χ3v) is 7.71. The van der Waals surface area contributed by atoms with Crippen LogP contribution in [0, 0.1) is 24.1 Å². The minimum absolute atomic E-state index is 0.0268. The zero-order valence-corrected chi connectivity index (χ0v) is 22.5. The number of carbonyl (C=O) groups is 1. The van der Waals surface area contributed by atoms with Crippen molar-refractivity contribution in [3.63, 3.8) is 0 Å². The van der Waals surface area contributed by atoms with E-state index in [1.165, 1.54) is 43.7 Å². The predicted molar refractivity (Wildman–Crippen MR) is 141 cm³/mol. The molecule has 1 aromatic carbocycles. The molecular weight excluding hydrogens is 529 g/mol. The van der Waals surface area contributed by atoms with Crippen LogP contribution in [0.5, 0.6) is 5.75 Å². The van der Waals surface area contributed by atoms with Gasteiger partial charge in [-0.25, -0.2) is 23.2 Å². The zero-order chi connectivity index (χ0) is 28.5. The first-order valence-corrected chi connectivity index (χ1v) is 12.7. The number of nitrogens with zero attached hydrogens (tertiary/aromatic N) is 5. The Bertz CT molecular complexity index is 1700. The number of rotatable bonds is 10. The Morgan fingerprint density at radius 2 is 2.08 bits per heavy atom. The maximum Gasteiger partial charge on any atom is 0.333 e. The summed E-state index contributed by atoms with van der Waals surface area (Å²) in [5.41, 5.74) is -2.73. The number of hydrogen-bond donors (Lipinski definition) is 1. The van der Waals surface area contributed by atoms with E-state index in [9.17, 15) is 23.9 Å². The van der Waals surface area contributed by atoms with Crippen LogP contribution in [-0.4, -0.2) is 43.7 Å². The molecule has 0 bridgehead atoms. The highest BCUT2D eigenvalue weighted by atomic mass is 32.1. The smallest absolute Gasteiger partial charge is 0.333 e. The van der Waals surface area contributed by atoms with E-state index in [4.69, 9.17) is 14.7 Å². The first kappa shape index (κ1) is 27.7. The van der Waals surface area contributed by atoms with E-state index >= 15 is 0 Å². The van der Waals surface area contributed by atoms with Gasteiger partial charge in [0.15, 0.2) is 0 Å². The lowest BCUT2D eigenvalue weighted by Gasteiger charge is -2.25. The second-order valence-electron chi connectivity index (χ2n) is 9.21. The highest BCUT2D eigenvalue weighted by Crippen LogP contribution is 2.34. The van der Waals surface area contributed by atoms with Crippen molar-refractivity contribution in [1.82, 2.24) is 18.9 Å². The maximum atomic E-state index is 14.3. The van der Waals surface area contributed by atoms with Crippen LogP contribution in [0.3, 0.4) is 0 Å². The molecule has 4 aromatic rings. The summed E-state index contributed by atoms with van der Waals surface area (Å²) in [5.74, 6) is -1.65. The molecule has 3 heterocycles. The van der Waals surface area contributed by atoms with Crippen LogP contribution < -0.4 is 16.0 Å². The Morgan fingerprint density at radius 3 is 2.69 bits per heavy atom. The third-order valence-electron chi connectivity index (χ3n) is 6.40. The Morgan fingerprint density at radius 1 is 1.33 bits per heavy atom. The summed E-state index contributed by atoms with van der Waals surface area (Å²) in [6.07, 6.45) is 2.30. The Balaban J connectivity index is 2.04. The first-order chi connectivity index (χ1) is 18.5. The van der Waals surface area contributed by atoms with Crippen molar-refractivity contribution in [2.24, 2.45) is 0 Å². The Labute approximate surface area is 225 Å². The van der Waals surface area contributed by atoms with Crippen molar-refractivity contribution in [3.8, 4) is 16.8 Å². The second-order valence-corrected chi connectivity index (χ2v) is 10.2. The van der Waals surface area contributed by atoms with E-state index in [-0.39, 0.29) is 35.4 Å². The number of methoxy groups -OCH3 is 1. The molecule has 0 aliphatic carbocycles. The van der Waals surface area contributed by atoms with Gasteiger partial charge >= 0.3 is 11.7 Å². The third kappa shape index (κ3) is 4.96. The molecular formula is C26H26FN5O6S. The average Bonchev–Trinajstić information content (AvgIpc) is 3.53. The van der Waals surface area contributed by atoms with E-state index in [0.717, 1.165) is 11.3 Å². The molecule has 204 valence electrons. The lowest BCUT2D eigenvalue weighted by molar-refractivity contribution is -0.146. The van der Waals surface area contributed by atoms with Crippen molar-refractivity contribution in [3.05, 3.63) is 74.4 Å². The minimum atomic E-state index is -1.89. The maximum absolute atomic E-state index is 14.3. The van der Waals surface area contributed by atoms with Gasteiger partial charge in [-0.15, -0.1) is 0 Å². The number of carboxylic acids is 1. The SMILES string of the molecule is COc1ccc(F)cc1C(Cn1c(=O)n(C(C)(C)C(=O)O)c(=O)c2c(C)c(-n3cccn3)sc21)OCCC#N. The number of benzene rings is 1. The van der Waals surface area contributed by atoms with Crippen molar-refractivity contribution in [2.75, 3.05) is 13.7 Å². The molecule has 0 aliphatic rings. The van der Waals surface area contributed by atoms with Gasteiger partial charge in [-0.3, -0.25) is 9.36 Å². The fraction of sp³-hybridized carbons (Fsp3) is 0.346. The molecule has 0 saturated heterocycles. The zero-order valence-electron chi connectivity index (χ0n) is 21.7. The van der Waals surface area contributed by atoms with E-state index in [1.54, 1.807) is 30.1 Å². The highest BCUT2D eigenvalue weighted by Gasteiger charge is 2.36. The summed E-state index contributed by atoms with van der Waals surface area (Å²) < 4.78 is 29.2. The molecule has 0 saturated carbocycles. The lowest BCUT2D eigenvalue weighted by Crippen LogP contribution is -2.52. The number of aliphatic carboxylic acids is 1. The van der Waals surface area contributed by atoms with Gasteiger partial charge < -0.3 is 14.6 Å². The molecule has 0 fully saturated rings. The first-order valence-electron chi connectivity index (χ1n) is 11.9. The van der Waals surface area contributed by atoms with Crippen LogP contribution in [0.15, 0.2) is 46.2 Å². The van der Waals surface area contributed by atoms with Gasteiger partial charge in [-0.1, -0.05) is 11.3 Å². The predicted octanol–water partition coefficient (Wildman–Crippen LogP) is 3.36. The normalized spacial score (nSPS) is 12.4. The summed E-state index contributed by atoms with van der Waals surface area (Å²) >= 11 is 1.13. The molecule has 0 radical (unpaired) electrons. The molecule has 1 N–H and O–H groups in total. The van der Waals surface area contributed by atoms with Gasteiger partial charge in [0.05, 0.1) is 38.1 Å². The summed E-state index contributed by atoms with van der Waals surface area (Å²) in [6, 6.07) is 7.53. The van der Waals surface area contributed by atoms with Gasteiger partial charge in [-0.2, -0.15) is 10.4 Å². The van der Waals surface area contributed by atoms with Crippen molar-refractivity contribution in [2.45, 2.75) is 45.4 Å². The molecule has 1 unspecified atom stereocenters. The van der Waals surface area contributed by atoms with Crippen LogP contribution in [0.4, 0.5) is 4.39 Å². The number of aromatic nitrogens is 4. The summed E-state index contributed by atoms with van der Waals surface area (Å²) in [7, 11) is 1.40. The van der Waals surface area contributed by atoms with Gasteiger partial charge in [0, 0.05) is 23.5 Å². The largest absolute Gasteiger partial charge is 0.496 e. The second kappa shape index (κ2) is 10.8.